The second-order valence-corrected chi connectivity index (χ2v) is 8.21. The average molecular weight is 337 g/mol. The SMILES string of the molecule is CN(C)[C@H](CNC(=O)N[C@@H]1[C@H]2CCO[C@@H]2C1(C)C)c1ccsc1. The van der Waals surface area contributed by atoms with Crippen molar-refractivity contribution in [2.45, 2.75) is 38.5 Å². The summed E-state index contributed by atoms with van der Waals surface area (Å²) in [5, 5.41) is 10.4. The van der Waals surface area contributed by atoms with E-state index in [2.05, 4.69) is 46.2 Å². The lowest BCUT2D eigenvalue weighted by molar-refractivity contribution is -0.108. The number of fused-ring (bicyclic) bond motifs is 1. The Morgan fingerprint density at radius 3 is 2.96 bits per heavy atom. The molecule has 2 aliphatic rings. The van der Waals surface area contributed by atoms with Crippen molar-refractivity contribution in [2.75, 3.05) is 27.2 Å². The topological polar surface area (TPSA) is 53.6 Å². The van der Waals surface area contributed by atoms with Crippen LogP contribution in [0.25, 0.3) is 0 Å². The highest BCUT2D eigenvalue weighted by atomic mass is 32.1. The second kappa shape index (κ2) is 6.42. The number of nitrogens with one attached hydrogen (secondary N) is 2. The zero-order chi connectivity index (χ0) is 16.6. The van der Waals surface area contributed by atoms with Crippen molar-refractivity contribution in [3.63, 3.8) is 0 Å². The van der Waals surface area contributed by atoms with Crippen molar-refractivity contribution >= 4 is 17.4 Å². The Bertz CT molecular complexity index is 544. The van der Waals surface area contributed by atoms with E-state index in [-0.39, 0.29) is 23.5 Å². The van der Waals surface area contributed by atoms with E-state index < -0.39 is 0 Å². The number of urea groups is 1. The Hall–Kier alpha value is -1.11. The van der Waals surface area contributed by atoms with Gasteiger partial charge in [-0.2, -0.15) is 11.3 Å². The Kier molecular flexibility index (Phi) is 4.67. The van der Waals surface area contributed by atoms with Gasteiger partial charge in [0.2, 0.25) is 0 Å². The van der Waals surface area contributed by atoms with E-state index in [0.717, 1.165) is 13.0 Å². The molecule has 0 unspecified atom stereocenters. The summed E-state index contributed by atoms with van der Waals surface area (Å²) in [5.74, 6) is 0.470. The largest absolute Gasteiger partial charge is 0.377 e. The molecule has 2 N–H and O–H groups in total. The highest BCUT2D eigenvalue weighted by molar-refractivity contribution is 7.07. The van der Waals surface area contributed by atoms with Crippen LogP contribution in [0.5, 0.6) is 0 Å². The molecule has 1 aromatic heterocycles. The average Bonchev–Trinajstić information content (AvgIpc) is 3.15. The summed E-state index contributed by atoms with van der Waals surface area (Å²) in [6, 6.07) is 2.44. The summed E-state index contributed by atoms with van der Waals surface area (Å²) < 4.78 is 5.78. The molecule has 1 saturated heterocycles. The maximum atomic E-state index is 12.3. The molecule has 1 aliphatic heterocycles. The summed E-state index contributed by atoms with van der Waals surface area (Å²) in [5.41, 5.74) is 1.26. The molecule has 4 atom stereocenters. The number of carbonyl (C=O) groups is 1. The van der Waals surface area contributed by atoms with Gasteiger partial charge >= 0.3 is 6.03 Å². The van der Waals surface area contributed by atoms with Crippen LogP contribution in [0, 0.1) is 11.3 Å². The maximum absolute atomic E-state index is 12.3. The van der Waals surface area contributed by atoms with Crippen LogP contribution in [-0.2, 0) is 4.74 Å². The summed E-state index contributed by atoms with van der Waals surface area (Å²) in [6.07, 6.45) is 1.35. The molecular formula is C17H27N3O2S. The highest BCUT2D eigenvalue weighted by Gasteiger charge is 2.59. The van der Waals surface area contributed by atoms with Gasteiger partial charge in [0, 0.05) is 30.5 Å². The third-order valence-corrected chi connectivity index (χ3v) is 6.10. The monoisotopic (exact) mass is 337 g/mol. The number of carbonyl (C=O) groups excluding carboxylic acids is 1. The van der Waals surface area contributed by atoms with Crippen LogP contribution in [0.1, 0.15) is 31.9 Å². The van der Waals surface area contributed by atoms with Gasteiger partial charge in [0.1, 0.15) is 0 Å². The summed E-state index contributed by atoms with van der Waals surface area (Å²) in [6.45, 7) is 5.78. The minimum absolute atomic E-state index is 0.0206. The lowest BCUT2D eigenvalue weighted by atomic mass is 9.57. The fourth-order valence-electron chi connectivity index (χ4n) is 4.06. The van der Waals surface area contributed by atoms with E-state index in [0.29, 0.717) is 18.6 Å². The van der Waals surface area contributed by atoms with Gasteiger partial charge in [-0.15, -0.1) is 0 Å². The molecule has 3 rings (SSSR count). The first-order chi connectivity index (χ1) is 10.9. The minimum Gasteiger partial charge on any atom is -0.377 e. The predicted molar refractivity (Wildman–Crippen MR) is 92.7 cm³/mol. The van der Waals surface area contributed by atoms with Crippen LogP contribution in [0.2, 0.25) is 0 Å². The fraction of sp³-hybridized carbons (Fsp3) is 0.706. The summed E-state index contributed by atoms with van der Waals surface area (Å²) in [4.78, 5) is 14.5. The number of amides is 2. The molecule has 0 radical (unpaired) electrons. The van der Waals surface area contributed by atoms with Gasteiger partial charge in [0.05, 0.1) is 12.1 Å². The minimum atomic E-state index is -0.0736. The number of hydrogen-bond acceptors (Lipinski definition) is 4. The molecule has 2 amide bonds. The second-order valence-electron chi connectivity index (χ2n) is 7.43. The smallest absolute Gasteiger partial charge is 0.315 e. The molecule has 6 heteroatoms. The molecule has 23 heavy (non-hydrogen) atoms. The zero-order valence-corrected chi connectivity index (χ0v) is 15.2. The number of likely N-dealkylation sites (N-methyl/N-ethyl adjacent to an activating group) is 1. The van der Waals surface area contributed by atoms with E-state index >= 15 is 0 Å². The van der Waals surface area contributed by atoms with Gasteiger partial charge < -0.3 is 20.3 Å². The van der Waals surface area contributed by atoms with Crippen molar-refractivity contribution in [3.05, 3.63) is 22.4 Å². The van der Waals surface area contributed by atoms with Gasteiger partial charge in [0.25, 0.3) is 0 Å². The van der Waals surface area contributed by atoms with Crippen molar-refractivity contribution in [2.24, 2.45) is 11.3 Å². The van der Waals surface area contributed by atoms with Gasteiger partial charge in [0.15, 0.2) is 0 Å². The Balaban J connectivity index is 1.53. The van der Waals surface area contributed by atoms with E-state index in [1.165, 1.54) is 5.56 Å². The van der Waals surface area contributed by atoms with Gasteiger partial charge in [-0.25, -0.2) is 4.79 Å². The standard InChI is InChI=1S/C17H27N3O2S/c1-17(2)14(12-5-7-22-15(12)17)19-16(21)18-9-13(20(3)4)11-6-8-23-10-11/h6,8,10,12-15H,5,7,9H2,1-4H3,(H2,18,19,21)/t12-,13-,14-,15+/m1/s1. The number of ether oxygens (including phenoxy) is 1. The lowest BCUT2D eigenvalue weighted by Crippen LogP contribution is -2.67. The van der Waals surface area contributed by atoms with E-state index in [9.17, 15) is 4.79 Å². The normalized spacial score (nSPS) is 29.7. The van der Waals surface area contributed by atoms with Crippen molar-refractivity contribution in [1.29, 1.82) is 0 Å². The quantitative estimate of drug-likeness (QED) is 0.868. The van der Waals surface area contributed by atoms with Crippen molar-refractivity contribution in [3.8, 4) is 0 Å². The number of nitrogens with zero attached hydrogens (tertiary/aromatic N) is 1. The third-order valence-electron chi connectivity index (χ3n) is 5.39. The van der Waals surface area contributed by atoms with Crippen LogP contribution >= 0.6 is 11.3 Å². The molecular weight excluding hydrogens is 310 g/mol. The fourth-order valence-corrected chi connectivity index (χ4v) is 4.77. The van der Waals surface area contributed by atoms with Crippen LogP contribution < -0.4 is 10.6 Å². The Morgan fingerprint density at radius 2 is 2.30 bits per heavy atom. The first-order valence-electron chi connectivity index (χ1n) is 8.25. The van der Waals surface area contributed by atoms with Gasteiger partial charge in [-0.3, -0.25) is 0 Å². The third kappa shape index (κ3) is 3.12. The van der Waals surface area contributed by atoms with Crippen LogP contribution in [0.3, 0.4) is 0 Å². The molecule has 1 aromatic rings. The molecule has 2 heterocycles. The first kappa shape index (κ1) is 16.7. The molecule has 0 bridgehead atoms. The zero-order valence-electron chi connectivity index (χ0n) is 14.3. The molecule has 2 fully saturated rings. The molecule has 1 saturated carbocycles. The van der Waals surface area contributed by atoms with Crippen LogP contribution in [0.4, 0.5) is 4.79 Å². The summed E-state index contributed by atoms with van der Waals surface area (Å²) in [7, 11) is 4.08. The van der Waals surface area contributed by atoms with Crippen LogP contribution in [-0.4, -0.2) is 50.3 Å². The number of rotatable bonds is 5. The Morgan fingerprint density at radius 1 is 1.52 bits per heavy atom. The van der Waals surface area contributed by atoms with Gasteiger partial charge in [-0.05, 0) is 42.9 Å². The molecule has 0 spiro atoms. The van der Waals surface area contributed by atoms with E-state index in [4.69, 9.17) is 4.74 Å². The van der Waals surface area contributed by atoms with Crippen molar-refractivity contribution in [1.82, 2.24) is 15.5 Å². The number of thiophene rings is 1. The van der Waals surface area contributed by atoms with E-state index in [1.807, 2.05) is 14.1 Å². The highest BCUT2D eigenvalue weighted by Crippen LogP contribution is 2.52. The lowest BCUT2D eigenvalue weighted by Gasteiger charge is -2.54. The van der Waals surface area contributed by atoms with Crippen LogP contribution in [0.15, 0.2) is 16.8 Å². The molecule has 5 nitrogen and oxygen atoms in total. The van der Waals surface area contributed by atoms with Gasteiger partial charge in [-0.1, -0.05) is 13.8 Å². The molecule has 0 aromatic carbocycles. The maximum Gasteiger partial charge on any atom is 0.315 e. The Labute approximate surface area is 142 Å². The predicted octanol–water partition coefficient (Wildman–Crippen LogP) is 2.46. The number of hydrogen-bond donors (Lipinski definition) is 2. The van der Waals surface area contributed by atoms with Crippen molar-refractivity contribution < 1.29 is 9.53 Å². The summed E-state index contributed by atoms with van der Waals surface area (Å²) >= 11 is 1.68. The first-order valence-corrected chi connectivity index (χ1v) is 9.20. The van der Waals surface area contributed by atoms with E-state index in [1.54, 1.807) is 11.3 Å². The molecule has 1 aliphatic carbocycles. The molecule has 128 valence electrons.